The van der Waals surface area contributed by atoms with Gasteiger partial charge in [0.15, 0.2) is 15.9 Å². The van der Waals surface area contributed by atoms with Crippen LogP contribution in [-0.2, 0) is 24.2 Å². The first-order valence-corrected chi connectivity index (χ1v) is 10.6. The number of anilines is 2. The highest BCUT2D eigenvalue weighted by atomic mass is 32.2. The lowest BCUT2D eigenvalue weighted by molar-refractivity contribution is -0.123. The molecule has 0 bridgehead atoms. The molecule has 0 aliphatic heterocycles. The number of nitrogens with one attached hydrogen (secondary N) is 2. The summed E-state index contributed by atoms with van der Waals surface area (Å²) in [6, 6.07) is 10.6. The summed E-state index contributed by atoms with van der Waals surface area (Å²) in [5.74, 6) is -1.56. The summed E-state index contributed by atoms with van der Waals surface area (Å²) in [4.78, 5) is 35.7. The summed E-state index contributed by atoms with van der Waals surface area (Å²) in [6.07, 6.45) is -0.0705. The van der Waals surface area contributed by atoms with Gasteiger partial charge in [-0.05, 0) is 55.8 Å². The van der Waals surface area contributed by atoms with Crippen molar-refractivity contribution in [3.8, 4) is 0 Å². The van der Waals surface area contributed by atoms with Crippen molar-refractivity contribution >= 4 is 39.0 Å². The van der Waals surface area contributed by atoms with Gasteiger partial charge in [-0.2, -0.15) is 0 Å². The number of amides is 2. The molecule has 0 aromatic heterocycles. The van der Waals surface area contributed by atoms with E-state index >= 15 is 0 Å². The van der Waals surface area contributed by atoms with Crippen molar-refractivity contribution < 1.29 is 27.5 Å². The van der Waals surface area contributed by atoms with E-state index in [1.54, 1.807) is 31.2 Å². The van der Waals surface area contributed by atoms with Crippen LogP contribution in [0.5, 0.6) is 0 Å². The number of rotatable bonds is 6. The molecule has 0 aliphatic carbocycles. The fourth-order valence-electron chi connectivity index (χ4n) is 2.41. The van der Waals surface area contributed by atoms with Gasteiger partial charge in [-0.25, -0.2) is 13.2 Å². The van der Waals surface area contributed by atoms with Crippen molar-refractivity contribution in [1.29, 1.82) is 0 Å². The van der Waals surface area contributed by atoms with Gasteiger partial charge in [0.2, 0.25) is 5.91 Å². The van der Waals surface area contributed by atoms with Gasteiger partial charge < -0.3 is 15.4 Å². The zero-order valence-corrected chi connectivity index (χ0v) is 17.3. The average Bonchev–Trinajstić information content (AvgIpc) is 2.62. The Morgan fingerprint density at radius 2 is 1.52 bits per heavy atom. The Kier molecular flexibility index (Phi) is 6.76. The van der Waals surface area contributed by atoms with Crippen LogP contribution in [0.25, 0.3) is 0 Å². The maximum Gasteiger partial charge on any atom is 0.339 e. The quantitative estimate of drug-likeness (QED) is 0.696. The van der Waals surface area contributed by atoms with E-state index in [1.807, 2.05) is 0 Å². The Bertz CT molecular complexity index is 1050. The maximum atomic E-state index is 12.4. The second kappa shape index (κ2) is 8.87. The molecule has 0 spiro atoms. The molecule has 0 aliphatic rings. The zero-order chi connectivity index (χ0) is 21.8. The lowest BCUT2D eigenvalue weighted by Crippen LogP contribution is -2.30. The highest BCUT2D eigenvalue weighted by Gasteiger charge is 2.21. The van der Waals surface area contributed by atoms with Gasteiger partial charge >= 0.3 is 5.97 Å². The molecular weight excluding hydrogens is 396 g/mol. The molecule has 29 heavy (non-hydrogen) atoms. The van der Waals surface area contributed by atoms with Crippen molar-refractivity contribution in [1.82, 2.24) is 0 Å². The smallest absolute Gasteiger partial charge is 0.339 e. The largest absolute Gasteiger partial charge is 0.449 e. The summed E-state index contributed by atoms with van der Waals surface area (Å²) in [5.41, 5.74) is 1.65. The third-order valence-corrected chi connectivity index (χ3v) is 5.09. The van der Waals surface area contributed by atoms with Crippen molar-refractivity contribution in [2.24, 2.45) is 0 Å². The summed E-state index contributed by atoms with van der Waals surface area (Å²) in [5, 5.41) is 5.21. The van der Waals surface area contributed by atoms with Gasteiger partial charge in [0.25, 0.3) is 5.91 Å². The Hall–Kier alpha value is -3.20. The fraction of sp³-hybridized carbons (Fsp3) is 0.250. The van der Waals surface area contributed by atoms with Crippen molar-refractivity contribution in [2.45, 2.75) is 31.8 Å². The highest BCUT2D eigenvalue weighted by molar-refractivity contribution is 7.90. The molecule has 2 rings (SSSR count). The van der Waals surface area contributed by atoms with Crippen molar-refractivity contribution in [3.05, 3.63) is 53.6 Å². The Balaban J connectivity index is 2.06. The molecule has 2 aromatic carbocycles. The number of esters is 1. The molecule has 154 valence electrons. The molecule has 2 aromatic rings. The minimum atomic E-state index is -3.49. The van der Waals surface area contributed by atoms with Gasteiger partial charge in [-0.3, -0.25) is 9.59 Å². The predicted octanol–water partition coefficient (Wildman–Crippen LogP) is 2.54. The molecular formula is C20H22N2O6S. The van der Waals surface area contributed by atoms with Crippen LogP contribution in [-0.4, -0.2) is 38.6 Å². The molecule has 0 heterocycles. The zero-order valence-electron chi connectivity index (χ0n) is 16.5. The topological polar surface area (TPSA) is 119 Å². The Morgan fingerprint density at radius 3 is 2.03 bits per heavy atom. The van der Waals surface area contributed by atoms with E-state index in [1.165, 1.54) is 32.0 Å². The first-order valence-electron chi connectivity index (χ1n) is 8.67. The van der Waals surface area contributed by atoms with Crippen molar-refractivity contribution in [2.75, 3.05) is 16.9 Å². The number of benzene rings is 2. The van der Waals surface area contributed by atoms with Crippen molar-refractivity contribution in [3.63, 3.8) is 0 Å². The predicted molar refractivity (Wildman–Crippen MR) is 109 cm³/mol. The summed E-state index contributed by atoms with van der Waals surface area (Å²) >= 11 is 0. The summed E-state index contributed by atoms with van der Waals surface area (Å²) in [7, 11) is -3.49. The second-order valence-electron chi connectivity index (χ2n) is 6.54. The Labute approximate surface area is 169 Å². The number of carbonyl (C=O) groups is 3. The molecule has 0 saturated carbocycles. The second-order valence-corrected chi connectivity index (χ2v) is 8.56. The SMILES string of the molecule is CC(=O)Nc1ccc(NC(=O)[C@@H](C)OC(=O)c2cc(S(C)(=O)=O)ccc2C)cc1. The lowest BCUT2D eigenvalue weighted by atomic mass is 10.1. The van der Waals surface area contributed by atoms with Crippen LogP contribution in [0.3, 0.4) is 0 Å². The van der Waals surface area contributed by atoms with E-state index in [0.29, 0.717) is 16.9 Å². The minimum Gasteiger partial charge on any atom is -0.449 e. The monoisotopic (exact) mass is 418 g/mol. The van der Waals surface area contributed by atoms with E-state index in [4.69, 9.17) is 4.74 Å². The van der Waals surface area contributed by atoms with Crippen LogP contribution in [0.2, 0.25) is 0 Å². The van der Waals surface area contributed by atoms with E-state index in [9.17, 15) is 22.8 Å². The number of ether oxygens (including phenoxy) is 1. The van der Waals surface area contributed by atoms with E-state index in [0.717, 1.165) is 6.26 Å². The lowest BCUT2D eigenvalue weighted by Gasteiger charge is -2.15. The number of hydrogen-bond acceptors (Lipinski definition) is 6. The first-order chi connectivity index (χ1) is 13.5. The molecule has 0 saturated heterocycles. The average molecular weight is 418 g/mol. The molecule has 2 amide bonds. The Morgan fingerprint density at radius 1 is 0.966 bits per heavy atom. The van der Waals surface area contributed by atoms with Gasteiger partial charge in [0, 0.05) is 24.6 Å². The van der Waals surface area contributed by atoms with Gasteiger partial charge in [0.1, 0.15) is 0 Å². The number of carbonyl (C=O) groups excluding carboxylic acids is 3. The molecule has 0 unspecified atom stereocenters. The molecule has 1 atom stereocenters. The fourth-order valence-corrected chi connectivity index (χ4v) is 3.06. The van der Waals surface area contributed by atoms with E-state index < -0.39 is 27.8 Å². The third kappa shape index (κ3) is 6.15. The standard InChI is InChI=1S/C20H22N2O6S/c1-12-5-10-17(29(4,26)27)11-18(12)20(25)28-13(2)19(24)22-16-8-6-15(7-9-16)21-14(3)23/h5-11,13H,1-4H3,(H,21,23)(H,22,24)/t13-/m1/s1. The number of sulfone groups is 1. The van der Waals surface area contributed by atoms with Gasteiger partial charge in [-0.15, -0.1) is 0 Å². The van der Waals surface area contributed by atoms with Gasteiger partial charge in [-0.1, -0.05) is 6.07 Å². The van der Waals surface area contributed by atoms with Crippen LogP contribution >= 0.6 is 0 Å². The van der Waals surface area contributed by atoms with Crippen LogP contribution < -0.4 is 10.6 Å². The molecule has 8 nitrogen and oxygen atoms in total. The normalized spacial score (nSPS) is 12.0. The summed E-state index contributed by atoms with van der Waals surface area (Å²) in [6.45, 7) is 4.44. The molecule has 0 radical (unpaired) electrons. The molecule has 0 fully saturated rings. The van der Waals surface area contributed by atoms with Crippen LogP contribution in [0.4, 0.5) is 11.4 Å². The van der Waals surface area contributed by atoms with Gasteiger partial charge in [0.05, 0.1) is 10.5 Å². The van der Waals surface area contributed by atoms with Crippen LogP contribution in [0.15, 0.2) is 47.4 Å². The highest BCUT2D eigenvalue weighted by Crippen LogP contribution is 2.18. The molecule has 2 N–H and O–H groups in total. The molecule has 9 heteroatoms. The minimum absolute atomic E-state index is 0.00795. The van der Waals surface area contributed by atoms with E-state index in [-0.39, 0.29) is 16.4 Å². The summed E-state index contributed by atoms with van der Waals surface area (Å²) < 4.78 is 28.6. The maximum absolute atomic E-state index is 12.4. The number of hydrogen-bond donors (Lipinski definition) is 2. The van der Waals surface area contributed by atoms with Crippen LogP contribution in [0, 0.1) is 6.92 Å². The van der Waals surface area contributed by atoms with Crippen LogP contribution in [0.1, 0.15) is 29.8 Å². The third-order valence-electron chi connectivity index (χ3n) is 3.98. The number of aryl methyl sites for hydroxylation is 1. The van der Waals surface area contributed by atoms with E-state index in [2.05, 4.69) is 10.6 Å². The first kappa shape index (κ1) is 22.1.